The molecule has 0 unspecified atom stereocenters. The molecule has 0 aliphatic rings. The van der Waals surface area contributed by atoms with Crippen LogP contribution in [0.4, 0.5) is 11.4 Å². The molecule has 0 aliphatic carbocycles. The van der Waals surface area contributed by atoms with Gasteiger partial charge in [0.25, 0.3) is 5.91 Å². The van der Waals surface area contributed by atoms with Crippen LogP contribution in [0.3, 0.4) is 0 Å². The minimum absolute atomic E-state index is 0.173. The van der Waals surface area contributed by atoms with Gasteiger partial charge in [-0.2, -0.15) is 0 Å². The molecule has 0 aliphatic heterocycles. The summed E-state index contributed by atoms with van der Waals surface area (Å²) in [6.45, 7) is -0.173. The molecule has 0 atom stereocenters. The van der Waals surface area contributed by atoms with Crippen molar-refractivity contribution in [2.75, 3.05) is 29.5 Å². The topological polar surface area (TPSA) is 75.7 Å². The Labute approximate surface area is 146 Å². The van der Waals surface area contributed by atoms with Crippen LogP contribution in [0.25, 0.3) is 0 Å². The molecule has 128 valence electrons. The van der Waals surface area contributed by atoms with Crippen LogP contribution in [-0.2, 0) is 14.8 Å². The zero-order valence-electron chi connectivity index (χ0n) is 13.2. The molecule has 2 aromatic carbocycles. The van der Waals surface area contributed by atoms with E-state index in [9.17, 15) is 13.2 Å². The molecule has 1 amide bonds. The molecule has 0 radical (unpaired) electrons. The summed E-state index contributed by atoms with van der Waals surface area (Å²) in [5.74, 6) is 0.136. The molecule has 24 heavy (non-hydrogen) atoms. The fourth-order valence-corrected chi connectivity index (χ4v) is 2.55. The maximum Gasteiger partial charge on any atom is 0.262 e. The van der Waals surface area contributed by atoms with Crippen LogP contribution >= 0.6 is 11.6 Å². The van der Waals surface area contributed by atoms with Gasteiger partial charge in [-0.1, -0.05) is 17.7 Å². The smallest absolute Gasteiger partial charge is 0.262 e. The van der Waals surface area contributed by atoms with Crippen molar-refractivity contribution >= 4 is 38.9 Å². The molecule has 0 bridgehead atoms. The van der Waals surface area contributed by atoms with E-state index in [4.69, 9.17) is 16.3 Å². The van der Waals surface area contributed by atoms with Gasteiger partial charge >= 0.3 is 0 Å². The number of sulfonamides is 1. The van der Waals surface area contributed by atoms with Crippen molar-refractivity contribution in [2.45, 2.75) is 0 Å². The summed E-state index contributed by atoms with van der Waals surface area (Å²) in [5, 5.41) is 3.19. The van der Waals surface area contributed by atoms with E-state index in [2.05, 4.69) is 5.32 Å². The van der Waals surface area contributed by atoms with Crippen molar-refractivity contribution in [1.82, 2.24) is 0 Å². The standard InChI is InChI=1S/C16H17ClN2O4S/c1-19(24(2,21)22)14-6-8-15(9-7-14)23-11-16(20)18-13-5-3-4-12(17)10-13/h3-10H,11H2,1-2H3,(H,18,20). The first kappa shape index (κ1) is 18.1. The van der Waals surface area contributed by atoms with E-state index in [1.807, 2.05) is 0 Å². The van der Waals surface area contributed by atoms with E-state index in [-0.39, 0.29) is 12.5 Å². The van der Waals surface area contributed by atoms with Gasteiger partial charge in [-0.05, 0) is 42.5 Å². The van der Waals surface area contributed by atoms with Crippen molar-refractivity contribution in [1.29, 1.82) is 0 Å². The molecule has 0 saturated heterocycles. The number of hydrogen-bond donors (Lipinski definition) is 1. The Kier molecular flexibility index (Phi) is 5.69. The second-order valence-electron chi connectivity index (χ2n) is 5.07. The maximum absolute atomic E-state index is 11.8. The third-order valence-corrected chi connectivity index (χ3v) is 4.62. The Hall–Kier alpha value is -2.25. The van der Waals surface area contributed by atoms with Crippen LogP contribution < -0.4 is 14.4 Å². The van der Waals surface area contributed by atoms with Gasteiger partial charge in [0.1, 0.15) is 5.75 Å². The lowest BCUT2D eigenvalue weighted by molar-refractivity contribution is -0.118. The molecule has 0 aromatic heterocycles. The predicted octanol–water partition coefficient (Wildman–Crippen LogP) is 2.75. The Morgan fingerprint density at radius 3 is 2.46 bits per heavy atom. The van der Waals surface area contributed by atoms with Crippen LogP contribution in [0.5, 0.6) is 5.75 Å². The minimum Gasteiger partial charge on any atom is -0.484 e. The lowest BCUT2D eigenvalue weighted by atomic mass is 10.3. The van der Waals surface area contributed by atoms with Gasteiger partial charge in [-0.3, -0.25) is 9.10 Å². The number of halogens is 1. The first-order valence-electron chi connectivity index (χ1n) is 6.98. The lowest BCUT2D eigenvalue weighted by Gasteiger charge is -2.16. The minimum atomic E-state index is -3.31. The molecular formula is C16H17ClN2O4S. The van der Waals surface area contributed by atoms with Crippen molar-refractivity contribution in [3.8, 4) is 5.75 Å². The van der Waals surface area contributed by atoms with Crippen molar-refractivity contribution in [3.05, 3.63) is 53.6 Å². The van der Waals surface area contributed by atoms with Gasteiger partial charge in [-0.15, -0.1) is 0 Å². The first-order chi connectivity index (χ1) is 11.3. The van der Waals surface area contributed by atoms with Crippen LogP contribution in [0.15, 0.2) is 48.5 Å². The van der Waals surface area contributed by atoms with E-state index in [1.165, 1.54) is 7.05 Å². The van der Waals surface area contributed by atoms with Gasteiger partial charge in [0.2, 0.25) is 10.0 Å². The number of hydrogen-bond acceptors (Lipinski definition) is 4. The molecule has 0 spiro atoms. The van der Waals surface area contributed by atoms with Gasteiger partial charge in [0.05, 0.1) is 11.9 Å². The Morgan fingerprint density at radius 2 is 1.88 bits per heavy atom. The fourth-order valence-electron chi connectivity index (χ4n) is 1.86. The van der Waals surface area contributed by atoms with Gasteiger partial charge < -0.3 is 10.1 Å². The van der Waals surface area contributed by atoms with Crippen LogP contribution in [-0.4, -0.2) is 34.2 Å². The number of carbonyl (C=O) groups is 1. The Balaban J connectivity index is 1.91. The summed E-state index contributed by atoms with van der Waals surface area (Å²) >= 11 is 5.84. The summed E-state index contributed by atoms with van der Waals surface area (Å²) < 4.78 is 29.5. The molecule has 1 N–H and O–H groups in total. The van der Waals surface area contributed by atoms with Crippen LogP contribution in [0.2, 0.25) is 5.02 Å². The molecule has 6 nitrogen and oxygen atoms in total. The second kappa shape index (κ2) is 7.55. The lowest BCUT2D eigenvalue weighted by Crippen LogP contribution is -2.24. The number of benzene rings is 2. The van der Waals surface area contributed by atoms with Crippen LogP contribution in [0, 0.1) is 0 Å². The third kappa shape index (κ3) is 5.14. The van der Waals surface area contributed by atoms with E-state index in [0.717, 1.165) is 10.6 Å². The highest BCUT2D eigenvalue weighted by Crippen LogP contribution is 2.20. The number of rotatable bonds is 6. The van der Waals surface area contributed by atoms with Gasteiger partial charge in [-0.25, -0.2) is 8.42 Å². The second-order valence-corrected chi connectivity index (χ2v) is 7.52. The third-order valence-electron chi connectivity index (χ3n) is 3.18. The Morgan fingerprint density at radius 1 is 1.21 bits per heavy atom. The molecule has 2 rings (SSSR count). The number of nitrogens with one attached hydrogen (secondary N) is 1. The molecule has 0 saturated carbocycles. The molecular weight excluding hydrogens is 352 g/mol. The highest BCUT2D eigenvalue weighted by Gasteiger charge is 2.11. The number of ether oxygens (including phenoxy) is 1. The zero-order valence-corrected chi connectivity index (χ0v) is 14.8. The van der Waals surface area contributed by atoms with E-state index in [1.54, 1.807) is 48.5 Å². The predicted molar refractivity (Wildman–Crippen MR) is 95.3 cm³/mol. The molecule has 0 heterocycles. The van der Waals surface area contributed by atoms with E-state index >= 15 is 0 Å². The highest BCUT2D eigenvalue weighted by atomic mass is 35.5. The summed E-state index contributed by atoms with van der Waals surface area (Å²) in [4.78, 5) is 11.8. The quantitative estimate of drug-likeness (QED) is 0.850. The number of anilines is 2. The number of nitrogens with zero attached hydrogens (tertiary/aromatic N) is 1. The monoisotopic (exact) mass is 368 g/mol. The van der Waals surface area contributed by atoms with Crippen LogP contribution in [0.1, 0.15) is 0 Å². The average molecular weight is 369 g/mol. The van der Waals surface area contributed by atoms with Gasteiger partial charge in [0.15, 0.2) is 6.61 Å². The summed E-state index contributed by atoms with van der Waals surface area (Å²) in [7, 11) is -1.85. The zero-order chi connectivity index (χ0) is 17.7. The normalized spacial score (nSPS) is 11.0. The number of carbonyl (C=O) groups excluding carboxylic acids is 1. The molecule has 0 fully saturated rings. The SMILES string of the molecule is CN(c1ccc(OCC(=O)Nc2cccc(Cl)c2)cc1)S(C)(=O)=O. The van der Waals surface area contributed by atoms with Gasteiger partial charge in [0, 0.05) is 17.8 Å². The maximum atomic E-state index is 11.8. The summed E-state index contributed by atoms with van der Waals surface area (Å²) in [6.07, 6.45) is 1.12. The van der Waals surface area contributed by atoms with Crippen molar-refractivity contribution < 1.29 is 17.9 Å². The van der Waals surface area contributed by atoms with E-state index in [0.29, 0.717) is 22.1 Å². The van der Waals surface area contributed by atoms with Crippen molar-refractivity contribution in [2.24, 2.45) is 0 Å². The summed E-state index contributed by atoms with van der Waals surface area (Å²) in [6, 6.07) is 13.2. The summed E-state index contributed by atoms with van der Waals surface area (Å²) in [5.41, 5.74) is 1.09. The number of amides is 1. The Bertz CT molecular complexity index is 822. The first-order valence-corrected chi connectivity index (χ1v) is 9.20. The van der Waals surface area contributed by atoms with Crippen molar-refractivity contribution in [3.63, 3.8) is 0 Å². The largest absolute Gasteiger partial charge is 0.484 e. The van der Waals surface area contributed by atoms with E-state index < -0.39 is 10.0 Å². The molecule has 8 heteroatoms. The average Bonchev–Trinajstić information content (AvgIpc) is 2.52. The molecule has 2 aromatic rings. The fraction of sp³-hybridized carbons (Fsp3) is 0.188. The highest BCUT2D eigenvalue weighted by molar-refractivity contribution is 7.92.